The molecule has 1 rings (SSSR count). The van der Waals surface area contributed by atoms with Crippen LogP contribution in [0.25, 0.3) is 0 Å². The minimum Gasteiger partial charge on any atom is -0.481 e. The van der Waals surface area contributed by atoms with Crippen molar-refractivity contribution < 1.29 is 19.4 Å². The number of morpholine rings is 1. The number of urea groups is 1. The van der Waals surface area contributed by atoms with Crippen molar-refractivity contribution >= 4 is 12.0 Å². The first-order valence-corrected chi connectivity index (χ1v) is 6.61. The molecule has 0 aliphatic carbocycles. The predicted molar refractivity (Wildman–Crippen MR) is 71.0 cm³/mol. The Balaban J connectivity index is 2.57. The largest absolute Gasteiger partial charge is 0.481 e. The SMILES string of the molecule is CC(C)C(CNC(=O)N1CCOCC1(C)C)C(=O)O. The van der Waals surface area contributed by atoms with E-state index in [1.165, 1.54) is 0 Å². The van der Waals surface area contributed by atoms with Crippen LogP contribution in [0.2, 0.25) is 0 Å². The van der Waals surface area contributed by atoms with E-state index >= 15 is 0 Å². The highest BCUT2D eigenvalue weighted by Gasteiger charge is 2.34. The topological polar surface area (TPSA) is 78.9 Å². The molecule has 19 heavy (non-hydrogen) atoms. The summed E-state index contributed by atoms with van der Waals surface area (Å²) >= 11 is 0. The van der Waals surface area contributed by atoms with Crippen LogP contribution in [0.4, 0.5) is 4.79 Å². The molecule has 110 valence electrons. The molecule has 0 aromatic carbocycles. The van der Waals surface area contributed by atoms with Crippen LogP contribution >= 0.6 is 0 Å². The van der Waals surface area contributed by atoms with Crippen LogP contribution in [-0.4, -0.2) is 53.8 Å². The molecule has 1 fully saturated rings. The van der Waals surface area contributed by atoms with Gasteiger partial charge in [0, 0.05) is 13.1 Å². The third-order valence-corrected chi connectivity index (χ3v) is 3.49. The van der Waals surface area contributed by atoms with Gasteiger partial charge in [0.1, 0.15) is 0 Å². The number of hydrogen-bond acceptors (Lipinski definition) is 3. The van der Waals surface area contributed by atoms with Crippen molar-refractivity contribution in [2.45, 2.75) is 33.2 Å². The second-order valence-electron chi connectivity index (χ2n) is 5.89. The molecule has 0 bridgehead atoms. The summed E-state index contributed by atoms with van der Waals surface area (Å²) in [5, 5.41) is 11.8. The van der Waals surface area contributed by atoms with Crippen molar-refractivity contribution in [2.24, 2.45) is 11.8 Å². The molecule has 1 heterocycles. The second kappa shape index (κ2) is 6.23. The number of hydrogen-bond donors (Lipinski definition) is 2. The summed E-state index contributed by atoms with van der Waals surface area (Å²) in [7, 11) is 0. The molecule has 1 aliphatic heterocycles. The lowest BCUT2D eigenvalue weighted by atomic mass is 9.96. The summed E-state index contributed by atoms with van der Waals surface area (Å²) in [6.07, 6.45) is 0. The Bertz CT molecular complexity index is 342. The van der Waals surface area contributed by atoms with E-state index in [1.807, 2.05) is 27.7 Å². The van der Waals surface area contributed by atoms with E-state index < -0.39 is 11.9 Å². The van der Waals surface area contributed by atoms with Gasteiger partial charge in [-0.3, -0.25) is 4.79 Å². The third kappa shape index (κ3) is 4.09. The number of carboxylic acids is 1. The zero-order chi connectivity index (χ0) is 14.6. The normalized spacial score (nSPS) is 20.2. The van der Waals surface area contributed by atoms with E-state index in [0.717, 1.165) is 0 Å². The monoisotopic (exact) mass is 272 g/mol. The first kappa shape index (κ1) is 15.8. The van der Waals surface area contributed by atoms with Crippen LogP contribution in [0.1, 0.15) is 27.7 Å². The van der Waals surface area contributed by atoms with Crippen molar-refractivity contribution in [2.75, 3.05) is 26.3 Å². The lowest BCUT2D eigenvalue weighted by Crippen LogP contribution is -2.58. The summed E-state index contributed by atoms with van der Waals surface area (Å²) in [6.45, 7) is 9.23. The number of aliphatic carboxylic acids is 1. The molecular weight excluding hydrogens is 248 g/mol. The third-order valence-electron chi connectivity index (χ3n) is 3.49. The average Bonchev–Trinajstić information content (AvgIpc) is 2.27. The van der Waals surface area contributed by atoms with Crippen LogP contribution in [0.5, 0.6) is 0 Å². The van der Waals surface area contributed by atoms with E-state index in [0.29, 0.717) is 19.8 Å². The maximum absolute atomic E-state index is 12.1. The fraction of sp³-hybridized carbons (Fsp3) is 0.846. The molecule has 0 aromatic heterocycles. The van der Waals surface area contributed by atoms with Gasteiger partial charge < -0.3 is 20.1 Å². The summed E-state index contributed by atoms with van der Waals surface area (Å²) in [6, 6.07) is -0.222. The van der Waals surface area contributed by atoms with Crippen LogP contribution in [0.3, 0.4) is 0 Å². The highest BCUT2D eigenvalue weighted by Crippen LogP contribution is 2.19. The van der Waals surface area contributed by atoms with E-state index in [2.05, 4.69) is 5.32 Å². The maximum atomic E-state index is 12.1. The molecule has 1 aliphatic rings. The zero-order valence-corrected chi connectivity index (χ0v) is 12.1. The molecule has 0 aromatic rings. The Hall–Kier alpha value is -1.30. The molecule has 6 heteroatoms. The van der Waals surface area contributed by atoms with E-state index in [-0.39, 0.29) is 24.0 Å². The molecule has 0 spiro atoms. The molecular formula is C13H24N2O4. The zero-order valence-electron chi connectivity index (χ0n) is 12.1. The predicted octanol–water partition coefficient (Wildman–Crippen LogP) is 1.16. The first-order valence-electron chi connectivity index (χ1n) is 6.61. The highest BCUT2D eigenvalue weighted by atomic mass is 16.5. The molecule has 2 N–H and O–H groups in total. The van der Waals surface area contributed by atoms with Crippen molar-refractivity contribution in [1.29, 1.82) is 0 Å². The second-order valence-corrected chi connectivity index (χ2v) is 5.89. The number of nitrogens with one attached hydrogen (secondary N) is 1. The summed E-state index contributed by atoms with van der Waals surface area (Å²) < 4.78 is 5.35. The van der Waals surface area contributed by atoms with Crippen molar-refractivity contribution in [1.82, 2.24) is 10.2 Å². The quantitative estimate of drug-likeness (QED) is 0.805. The van der Waals surface area contributed by atoms with Gasteiger partial charge in [0.05, 0.1) is 24.7 Å². The molecule has 1 unspecified atom stereocenters. The number of rotatable bonds is 4. The highest BCUT2D eigenvalue weighted by molar-refractivity contribution is 5.76. The van der Waals surface area contributed by atoms with E-state index in [4.69, 9.17) is 9.84 Å². The van der Waals surface area contributed by atoms with Crippen LogP contribution in [0.15, 0.2) is 0 Å². The summed E-state index contributed by atoms with van der Waals surface area (Å²) in [5.41, 5.74) is -0.362. The van der Waals surface area contributed by atoms with Gasteiger partial charge in [0.25, 0.3) is 0 Å². The summed E-state index contributed by atoms with van der Waals surface area (Å²) in [5.74, 6) is -1.46. The molecule has 0 saturated carbocycles. The van der Waals surface area contributed by atoms with Gasteiger partial charge in [-0.05, 0) is 19.8 Å². The van der Waals surface area contributed by atoms with E-state index in [9.17, 15) is 9.59 Å². The number of carbonyl (C=O) groups excluding carboxylic acids is 1. The minimum absolute atomic E-state index is 0.0181. The number of amides is 2. The minimum atomic E-state index is -0.878. The Kier molecular flexibility index (Phi) is 5.17. The average molecular weight is 272 g/mol. The van der Waals surface area contributed by atoms with Gasteiger partial charge in [0.2, 0.25) is 0 Å². The Morgan fingerprint density at radius 2 is 2.05 bits per heavy atom. The Morgan fingerprint density at radius 3 is 2.53 bits per heavy atom. The smallest absolute Gasteiger partial charge is 0.318 e. The molecule has 2 amide bonds. The number of carbonyl (C=O) groups is 2. The van der Waals surface area contributed by atoms with Gasteiger partial charge in [-0.15, -0.1) is 0 Å². The van der Waals surface area contributed by atoms with Gasteiger partial charge in [-0.1, -0.05) is 13.8 Å². The molecule has 0 radical (unpaired) electrons. The van der Waals surface area contributed by atoms with Crippen molar-refractivity contribution in [3.8, 4) is 0 Å². The van der Waals surface area contributed by atoms with Gasteiger partial charge in [0.15, 0.2) is 0 Å². The van der Waals surface area contributed by atoms with Crippen molar-refractivity contribution in [3.05, 3.63) is 0 Å². The standard InChI is InChI=1S/C13H24N2O4/c1-9(2)10(11(16)17)7-14-12(18)15-5-6-19-8-13(15,3)4/h9-10H,5-8H2,1-4H3,(H,14,18)(H,16,17). The molecule has 1 atom stereocenters. The fourth-order valence-corrected chi connectivity index (χ4v) is 2.14. The molecule has 6 nitrogen and oxygen atoms in total. The lowest BCUT2D eigenvalue weighted by Gasteiger charge is -2.42. The van der Waals surface area contributed by atoms with Crippen LogP contribution in [0, 0.1) is 11.8 Å². The van der Waals surface area contributed by atoms with E-state index in [1.54, 1.807) is 4.90 Å². The Morgan fingerprint density at radius 1 is 1.42 bits per heavy atom. The maximum Gasteiger partial charge on any atom is 0.318 e. The van der Waals surface area contributed by atoms with Crippen molar-refractivity contribution in [3.63, 3.8) is 0 Å². The number of ether oxygens (including phenoxy) is 1. The van der Waals surface area contributed by atoms with Gasteiger partial charge in [-0.2, -0.15) is 0 Å². The number of carboxylic acid groups (broad SMARTS) is 1. The fourth-order valence-electron chi connectivity index (χ4n) is 2.14. The summed E-state index contributed by atoms with van der Waals surface area (Å²) in [4.78, 5) is 24.9. The van der Waals surface area contributed by atoms with Gasteiger partial charge in [-0.25, -0.2) is 4.79 Å². The number of nitrogens with zero attached hydrogens (tertiary/aromatic N) is 1. The first-order chi connectivity index (χ1) is 8.75. The molecule has 1 saturated heterocycles. The lowest BCUT2D eigenvalue weighted by molar-refractivity contribution is -0.142. The van der Waals surface area contributed by atoms with Gasteiger partial charge >= 0.3 is 12.0 Å². The Labute approximate surface area is 114 Å². The van der Waals surface area contributed by atoms with Crippen LogP contribution in [-0.2, 0) is 9.53 Å². The van der Waals surface area contributed by atoms with Crippen LogP contribution < -0.4 is 5.32 Å².